The van der Waals surface area contributed by atoms with E-state index in [0.717, 1.165) is 0 Å². The number of ether oxygens (including phenoxy) is 2. The molecule has 0 bridgehead atoms. The van der Waals surface area contributed by atoms with Crippen molar-refractivity contribution in [2.75, 3.05) is 6.61 Å². The summed E-state index contributed by atoms with van der Waals surface area (Å²) in [5.74, 6) is -0.140. The molecule has 0 saturated heterocycles. The smallest absolute Gasteiger partial charge is 0.342 e. The van der Waals surface area contributed by atoms with Crippen LogP contribution in [0.15, 0.2) is 41.5 Å². The quantitative estimate of drug-likeness (QED) is 0.615. The monoisotopic (exact) mass is 260 g/mol. The van der Waals surface area contributed by atoms with Gasteiger partial charge < -0.3 is 9.47 Å². The molecule has 0 N–H and O–H groups in total. The maximum absolute atomic E-state index is 11.7. The Morgan fingerprint density at radius 1 is 1.32 bits per heavy atom. The lowest BCUT2D eigenvalue weighted by atomic mass is 9.95. The number of carbonyl (C=O) groups excluding carboxylic acids is 2. The first kappa shape index (κ1) is 13.3. The summed E-state index contributed by atoms with van der Waals surface area (Å²) in [5.41, 5.74) is -0.117. The van der Waals surface area contributed by atoms with Crippen molar-refractivity contribution >= 4 is 11.8 Å². The van der Waals surface area contributed by atoms with E-state index >= 15 is 0 Å². The van der Waals surface area contributed by atoms with Crippen LogP contribution < -0.4 is 4.74 Å². The van der Waals surface area contributed by atoms with Crippen LogP contribution >= 0.6 is 0 Å². The first-order valence-corrected chi connectivity index (χ1v) is 6.07. The van der Waals surface area contributed by atoms with Gasteiger partial charge in [0.2, 0.25) is 0 Å². The van der Waals surface area contributed by atoms with Crippen molar-refractivity contribution in [3.8, 4) is 5.75 Å². The number of rotatable bonds is 4. The summed E-state index contributed by atoms with van der Waals surface area (Å²) in [5, 5.41) is 0. The van der Waals surface area contributed by atoms with E-state index in [0.29, 0.717) is 11.3 Å². The molecule has 0 amide bonds. The molecular formula is C15H16O4. The zero-order valence-corrected chi connectivity index (χ0v) is 11.2. The summed E-state index contributed by atoms with van der Waals surface area (Å²) in [6.07, 6.45) is 0. The second-order valence-corrected chi connectivity index (χ2v) is 4.78. The summed E-state index contributed by atoms with van der Waals surface area (Å²) < 4.78 is 10.9. The van der Waals surface area contributed by atoms with Gasteiger partial charge in [-0.1, -0.05) is 18.2 Å². The Kier molecular flexibility index (Phi) is 3.42. The third-order valence-electron chi connectivity index (χ3n) is 3.30. The van der Waals surface area contributed by atoms with Crippen LogP contribution in [0.4, 0.5) is 0 Å². The van der Waals surface area contributed by atoms with Crippen LogP contribution in [0.25, 0.3) is 0 Å². The van der Waals surface area contributed by atoms with Crippen LogP contribution in [-0.2, 0) is 14.3 Å². The number of carbonyl (C=O) groups is 2. The maximum atomic E-state index is 11.7. The molecular weight excluding hydrogens is 244 g/mol. The average Bonchev–Trinajstić information content (AvgIpc) is 2.59. The van der Waals surface area contributed by atoms with Gasteiger partial charge >= 0.3 is 5.97 Å². The number of Topliss-reactive ketones (excluding diaryl/α,β-unsaturated/α-hetero) is 1. The summed E-state index contributed by atoms with van der Waals surface area (Å²) in [6, 6.07) is 9.27. The Labute approximate surface area is 112 Å². The topological polar surface area (TPSA) is 52.6 Å². The van der Waals surface area contributed by atoms with Crippen molar-refractivity contribution in [1.29, 1.82) is 0 Å². The molecule has 1 aliphatic rings. The van der Waals surface area contributed by atoms with Gasteiger partial charge in [-0.15, -0.1) is 0 Å². The molecule has 1 heterocycles. The van der Waals surface area contributed by atoms with Gasteiger partial charge in [0.1, 0.15) is 17.9 Å². The van der Waals surface area contributed by atoms with Crippen molar-refractivity contribution in [3.05, 3.63) is 41.5 Å². The second kappa shape index (κ2) is 4.88. The van der Waals surface area contributed by atoms with Crippen molar-refractivity contribution in [1.82, 2.24) is 0 Å². The fraction of sp³-hybridized carbons (Fsp3) is 0.333. The number of cyclic esters (lactones) is 1. The minimum absolute atomic E-state index is 0.138. The number of benzene rings is 1. The average molecular weight is 260 g/mol. The lowest BCUT2D eigenvalue weighted by molar-refractivity contribution is -0.148. The zero-order chi connectivity index (χ0) is 14.0. The van der Waals surface area contributed by atoms with Crippen molar-refractivity contribution in [2.45, 2.75) is 26.4 Å². The van der Waals surface area contributed by atoms with E-state index in [4.69, 9.17) is 9.47 Å². The summed E-state index contributed by atoms with van der Waals surface area (Å²) in [4.78, 5) is 23.1. The molecule has 1 atom stereocenters. The Balaban J connectivity index is 2.16. The van der Waals surface area contributed by atoms with E-state index in [1.54, 1.807) is 13.8 Å². The standard InChI is InChI=1S/C15H16O4/c1-10-13(11(2)16)14(17)19-15(10,3)9-18-12-7-5-4-6-8-12/h4-8H,9H2,1-3H3. The highest BCUT2D eigenvalue weighted by Gasteiger charge is 2.43. The Morgan fingerprint density at radius 2 is 1.95 bits per heavy atom. The molecule has 0 fully saturated rings. The van der Waals surface area contributed by atoms with Gasteiger partial charge in [-0.05, 0) is 38.5 Å². The van der Waals surface area contributed by atoms with Crippen LogP contribution in [0.2, 0.25) is 0 Å². The predicted molar refractivity (Wildman–Crippen MR) is 69.8 cm³/mol. The van der Waals surface area contributed by atoms with E-state index < -0.39 is 11.6 Å². The largest absolute Gasteiger partial charge is 0.489 e. The molecule has 1 unspecified atom stereocenters. The highest BCUT2D eigenvalue weighted by Crippen LogP contribution is 2.33. The molecule has 4 heteroatoms. The molecule has 100 valence electrons. The minimum atomic E-state index is -0.881. The Hall–Kier alpha value is -2.10. The first-order valence-electron chi connectivity index (χ1n) is 6.07. The molecule has 19 heavy (non-hydrogen) atoms. The first-order chi connectivity index (χ1) is 8.94. The van der Waals surface area contributed by atoms with Gasteiger partial charge in [0, 0.05) is 0 Å². The molecule has 0 spiro atoms. The van der Waals surface area contributed by atoms with Crippen LogP contribution in [0.5, 0.6) is 5.75 Å². The van der Waals surface area contributed by atoms with E-state index in [2.05, 4.69) is 0 Å². The number of esters is 1. The fourth-order valence-electron chi connectivity index (χ4n) is 2.03. The Morgan fingerprint density at radius 3 is 2.47 bits per heavy atom. The van der Waals surface area contributed by atoms with Gasteiger partial charge in [-0.2, -0.15) is 0 Å². The van der Waals surface area contributed by atoms with Gasteiger partial charge in [0.25, 0.3) is 0 Å². The molecule has 0 saturated carbocycles. The highest BCUT2D eigenvalue weighted by molar-refractivity contribution is 6.18. The number of hydrogen-bond donors (Lipinski definition) is 0. The van der Waals surface area contributed by atoms with Crippen molar-refractivity contribution < 1.29 is 19.1 Å². The summed E-state index contributed by atoms with van der Waals surface area (Å²) >= 11 is 0. The van der Waals surface area contributed by atoms with E-state index in [9.17, 15) is 9.59 Å². The number of hydrogen-bond acceptors (Lipinski definition) is 4. The second-order valence-electron chi connectivity index (χ2n) is 4.78. The molecule has 0 aromatic heterocycles. The van der Waals surface area contributed by atoms with Gasteiger partial charge in [0.15, 0.2) is 11.4 Å². The lowest BCUT2D eigenvalue weighted by Gasteiger charge is -2.24. The van der Waals surface area contributed by atoms with Gasteiger partial charge in [-0.25, -0.2) is 4.79 Å². The SMILES string of the molecule is CC(=O)C1=C(C)C(C)(COc2ccccc2)OC1=O. The molecule has 1 aliphatic heterocycles. The molecule has 0 radical (unpaired) electrons. The molecule has 1 aromatic rings. The molecule has 0 aliphatic carbocycles. The van der Waals surface area contributed by atoms with Crippen LogP contribution in [0, 0.1) is 0 Å². The van der Waals surface area contributed by atoms with Crippen molar-refractivity contribution in [3.63, 3.8) is 0 Å². The van der Waals surface area contributed by atoms with E-state index in [1.165, 1.54) is 6.92 Å². The normalized spacial score (nSPS) is 22.4. The van der Waals surface area contributed by atoms with E-state index in [-0.39, 0.29) is 18.0 Å². The fourth-order valence-corrected chi connectivity index (χ4v) is 2.03. The highest BCUT2D eigenvalue weighted by atomic mass is 16.6. The van der Waals surface area contributed by atoms with E-state index in [1.807, 2.05) is 30.3 Å². The summed E-state index contributed by atoms with van der Waals surface area (Å²) in [7, 11) is 0. The van der Waals surface area contributed by atoms with Crippen LogP contribution in [0.1, 0.15) is 20.8 Å². The van der Waals surface area contributed by atoms with Crippen molar-refractivity contribution in [2.24, 2.45) is 0 Å². The lowest BCUT2D eigenvalue weighted by Crippen LogP contribution is -2.34. The predicted octanol–water partition coefficient (Wildman–Crippen LogP) is 2.29. The molecule has 1 aromatic carbocycles. The minimum Gasteiger partial charge on any atom is -0.489 e. The van der Waals surface area contributed by atoms with Gasteiger partial charge in [0.05, 0.1) is 0 Å². The van der Waals surface area contributed by atoms with Gasteiger partial charge in [-0.3, -0.25) is 4.79 Å². The third-order valence-corrected chi connectivity index (χ3v) is 3.30. The number of para-hydroxylation sites is 1. The Bertz CT molecular complexity index is 545. The molecule has 4 nitrogen and oxygen atoms in total. The maximum Gasteiger partial charge on any atom is 0.342 e. The van der Waals surface area contributed by atoms with Crippen LogP contribution in [0.3, 0.4) is 0 Å². The molecule has 2 rings (SSSR count). The third kappa shape index (κ3) is 2.52. The van der Waals surface area contributed by atoms with Crippen LogP contribution in [-0.4, -0.2) is 24.0 Å². The summed E-state index contributed by atoms with van der Waals surface area (Å²) in [6.45, 7) is 5.03. The number of ketones is 1. The zero-order valence-electron chi connectivity index (χ0n) is 11.2.